The summed E-state index contributed by atoms with van der Waals surface area (Å²) in [6.07, 6.45) is 3.06. The number of halogens is 2. The van der Waals surface area contributed by atoms with Crippen LogP contribution in [-0.4, -0.2) is 60.3 Å². The van der Waals surface area contributed by atoms with E-state index in [4.69, 9.17) is 16.3 Å². The second-order valence-electron chi connectivity index (χ2n) is 7.61. The summed E-state index contributed by atoms with van der Waals surface area (Å²) in [7, 11) is 3.36. The van der Waals surface area contributed by atoms with E-state index in [0.717, 1.165) is 53.6 Å². The summed E-state index contributed by atoms with van der Waals surface area (Å²) >= 11 is 6.26. The molecule has 0 bridgehead atoms. The Hall–Kier alpha value is -2.65. The maximum atomic E-state index is 9.85. The molecule has 4 rings (SSSR count). The molecule has 2 aromatic carbocycles. The highest BCUT2D eigenvalue weighted by Gasteiger charge is 2.21. The van der Waals surface area contributed by atoms with Crippen LogP contribution in [-0.2, 0) is 6.54 Å². The molecule has 0 radical (unpaired) electrons. The lowest BCUT2D eigenvalue weighted by Crippen LogP contribution is -2.36. The Balaban J connectivity index is 0.00000193. The standard InChI is InChI=1S/C23H26ClN5O2.ClH.H2O/c1-25-13-15-3-5-18-19(11-15)22(26-14-16-4-6-21(31-2)20(24)12-16)27-28-23(18)29-9-7-17(30)8-10-29;;/h3-6,11-13,17,30H,7-10,14H2,1-2H3,(H,26,27);1H;1H2. The number of aliphatic hydroxyl groups is 1. The molecule has 1 aromatic heterocycles. The fourth-order valence-corrected chi connectivity index (χ4v) is 4.11. The van der Waals surface area contributed by atoms with E-state index in [1.807, 2.05) is 30.5 Å². The number of aromatic nitrogens is 2. The third-order valence-corrected chi connectivity index (χ3v) is 5.80. The maximum absolute atomic E-state index is 9.85. The highest BCUT2D eigenvalue weighted by Crippen LogP contribution is 2.31. The van der Waals surface area contributed by atoms with Gasteiger partial charge in [-0.1, -0.05) is 23.7 Å². The Morgan fingerprint density at radius 1 is 1.18 bits per heavy atom. The molecule has 1 fully saturated rings. The first kappa shape index (κ1) is 26.6. The van der Waals surface area contributed by atoms with Crippen LogP contribution < -0.4 is 15.0 Å². The van der Waals surface area contributed by atoms with E-state index in [0.29, 0.717) is 23.1 Å². The van der Waals surface area contributed by atoms with Gasteiger partial charge in [-0.2, -0.15) is 0 Å². The van der Waals surface area contributed by atoms with Gasteiger partial charge in [0.25, 0.3) is 0 Å². The number of nitrogens with zero attached hydrogens (tertiary/aromatic N) is 4. The van der Waals surface area contributed by atoms with Gasteiger partial charge >= 0.3 is 0 Å². The zero-order chi connectivity index (χ0) is 21.8. The van der Waals surface area contributed by atoms with Gasteiger partial charge in [0.05, 0.1) is 18.2 Å². The number of ether oxygens (including phenoxy) is 1. The van der Waals surface area contributed by atoms with Crippen molar-refractivity contribution in [2.24, 2.45) is 4.99 Å². The Kier molecular flexibility index (Phi) is 9.67. The number of methoxy groups -OCH3 is 1. The lowest BCUT2D eigenvalue weighted by atomic mass is 10.1. The molecule has 1 aliphatic rings. The number of aliphatic imine (C=N–C) groups is 1. The van der Waals surface area contributed by atoms with Crippen molar-refractivity contribution in [2.45, 2.75) is 25.5 Å². The molecule has 33 heavy (non-hydrogen) atoms. The van der Waals surface area contributed by atoms with Crippen LogP contribution in [0.15, 0.2) is 41.4 Å². The predicted octanol–water partition coefficient (Wildman–Crippen LogP) is 3.51. The van der Waals surface area contributed by atoms with Gasteiger partial charge in [-0.15, -0.1) is 22.6 Å². The highest BCUT2D eigenvalue weighted by atomic mass is 35.5. The summed E-state index contributed by atoms with van der Waals surface area (Å²) in [4.78, 5) is 6.33. The van der Waals surface area contributed by atoms with Crippen LogP contribution in [0, 0.1) is 0 Å². The van der Waals surface area contributed by atoms with Crippen molar-refractivity contribution < 1.29 is 15.3 Å². The second kappa shape index (κ2) is 12.0. The fourth-order valence-electron chi connectivity index (χ4n) is 3.83. The van der Waals surface area contributed by atoms with Crippen LogP contribution >= 0.6 is 24.0 Å². The summed E-state index contributed by atoms with van der Waals surface area (Å²) < 4.78 is 5.23. The van der Waals surface area contributed by atoms with Gasteiger partial charge in [-0.25, -0.2) is 0 Å². The van der Waals surface area contributed by atoms with E-state index >= 15 is 0 Å². The third-order valence-electron chi connectivity index (χ3n) is 5.50. The molecule has 8 nitrogen and oxygen atoms in total. The van der Waals surface area contributed by atoms with Crippen LogP contribution in [0.25, 0.3) is 10.8 Å². The minimum Gasteiger partial charge on any atom is -0.495 e. The average molecular weight is 494 g/mol. The molecule has 1 aliphatic heterocycles. The summed E-state index contributed by atoms with van der Waals surface area (Å²) in [6.45, 7) is 2.08. The molecule has 1 saturated heterocycles. The van der Waals surface area contributed by atoms with Gasteiger partial charge in [-0.3, -0.25) is 4.99 Å². The van der Waals surface area contributed by atoms with Gasteiger partial charge in [0.15, 0.2) is 11.6 Å². The number of rotatable bonds is 6. The monoisotopic (exact) mass is 493 g/mol. The number of anilines is 2. The molecule has 0 saturated carbocycles. The van der Waals surface area contributed by atoms with Crippen molar-refractivity contribution in [1.82, 2.24) is 10.2 Å². The molecule has 0 spiro atoms. The average Bonchev–Trinajstić information content (AvgIpc) is 2.78. The molecule has 10 heteroatoms. The summed E-state index contributed by atoms with van der Waals surface area (Å²) in [5.41, 5.74) is 2.01. The van der Waals surface area contributed by atoms with Gasteiger partial charge in [0.2, 0.25) is 0 Å². The SMILES string of the molecule is CN=Cc1ccc2c(N3CCC(O)CC3)nnc(NCc3ccc(OC)c(Cl)c3)c2c1.Cl.O. The van der Waals surface area contributed by atoms with Gasteiger partial charge in [-0.05, 0) is 48.2 Å². The minimum atomic E-state index is -0.236. The molecular weight excluding hydrogens is 465 g/mol. The van der Waals surface area contributed by atoms with Crippen LogP contribution in [0.1, 0.15) is 24.0 Å². The highest BCUT2D eigenvalue weighted by molar-refractivity contribution is 6.32. The summed E-state index contributed by atoms with van der Waals surface area (Å²) in [5.74, 6) is 2.20. The molecule has 0 amide bonds. The van der Waals surface area contributed by atoms with Crippen molar-refractivity contribution >= 4 is 52.6 Å². The van der Waals surface area contributed by atoms with E-state index < -0.39 is 0 Å². The van der Waals surface area contributed by atoms with Gasteiger partial charge < -0.3 is 25.5 Å². The van der Waals surface area contributed by atoms with Crippen LogP contribution in [0.2, 0.25) is 5.02 Å². The molecule has 0 aliphatic carbocycles. The number of hydrogen-bond acceptors (Lipinski definition) is 7. The number of hydrogen-bond donors (Lipinski definition) is 2. The number of piperidine rings is 1. The van der Waals surface area contributed by atoms with Crippen molar-refractivity contribution in [3.8, 4) is 5.75 Å². The molecule has 0 atom stereocenters. The smallest absolute Gasteiger partial charge is 0.159 e. The van der Waals surface area contributed by atoms with Crippen molar-refractivity contribution in [2.75, 3.05) is 37.5 Å². The first-order chi connectivity index (χ1) is 15.1. The van der Waals surface area contributed by atoms with Crippen LogP contribution in [0.4, 0.5) is 11.6 Å². The zero-order valence-corrected chi connectivity index (χ0v) is 20.2. The van der Waals surface area contributed by atoms with E-state index in [-0.39, 0.29) is 24.0 Å². The first-order valence-electron chi connectivity index (χ1n) is 10.3. The molecular formula is C23H29Cl2N5O3. The van der Waals surface area contributed by atoms with Crippen LogP contribution in [0.5, 0.6) is 5.75 Å². The number of nitrogens with one attached hydrogen (secondary N) is 1. The molecule has 2 heterocycles. The van der Waals surface area contributed by atoms with Crippen molar-refractivity contribution in [3.63, 3.8) is 0 Å². The maximum Gasteiger partial charge on any atom is 0.159 e. The van der Waals surface area contributed by atoms with Gasteiger partial charge in [0, 0.05) is 43.7 Å². The molecule has 178 valence electrons. The number of aliphatic hydroxyl groups excluding tert-OH is 1. The van der Waals surface area contributed by atoms with Crippen molar-refractivity contribution in [1.29, 1.82) is 0 Å². The topological polar surface area (TPSA) is 114 Å². The number of fused-ring (bicyclic) bond motifs is 1. The Morgan fingerprint density at radius 2 is 1.94 bits per heavy atom. The van der Waals surface area contributed by atoms with Crippen molar-refractivity contribution in [3.05, 3.63) is 52.5 Å². The summed E-state index contributed by atoms with van der Waals surface area (Å²) in [5, 5.41) is 24.9. The largest absolute Gasteiger partial charge is 0.495 e. The second-order valence-corrected chi connectivity index (χ2v) is 8.01. The van der Waals surface area contributed by atoms with E-state index in [1.165, 1.54) is 0 Å². The third kappa shape index (κ3) is 6.03. The first-order valence-corrected chi connectivity index (χ1v) is 10.7. The van der Waals surface area contributed by atoms with Gasteiger partial charge in [0.1, 0.15) is 5.75 Å². The normalized spacial score (nSPS) is 14.1. The quantitative estimate of drug-likeness (QED) is 0.507. The van der Waals surface area contributed by atoms with E-state index in [9.17, 15) is 5.11 Å². The zero-order valence-electron chi connectivity index (χ0n) is 18.6. The van der Waals surface area contributed by atoms with E-state index in [2.05, 4.69) is 37.5 Å². The Bertz CT molecular complexity index is 1100. The lowest BCUT2D eigenvalue weighted by Gasteiger charge is -2.31. The number of benzene rings is 2. The van der Waals surface area contributed by atoms with E-state index in [1.54, 1.807) is 14.2 Å². The molecule has 0 unspecified atom stereocenters. The molecule has 4 N–H and O–H groups in total. The molecule has 3 aromatic rings. The predicted molar refractivity (Wildman–Crippen MR) is 137 cm³/mol. The lowest BCUT2D eigenvalue weighted by molar-refractivity contribution is 0.145. The summed E-state index contributed by atoms with van der Waals surface area (Å²) in [6, 6.07) is 11.9. The van der Waals surface area contributed by atoms with Crippen LogP contribution in [0.3, 0.4) is 0 Å². The Morgan fingerprint density at radius 3 is 2.61 bits per heavy atom. The minimum absolute atomic E-state index is 0. The fraction of sp³-hybridized carbons (Fsp3) is 0.348. The Labute approximate surface area is 204 Å².